The highest BCUT2D eigenvalue weighted by molar-refractivity contribution is 6.39. The van der Waals surface area contributed by atoms with Gasteiger partial charge < -0.3 is 5.32 Å². The van der Waals surface area contributed by atoms with Crippen LogP contribution in [0, 0.1) is 0 Å². The molecule has 5 aromatic rings. The average Bonchev–Trinajstić information content (AvgIpc) is 3.46. The van der Waals surface area contributed by atoms with E-state index in [1.54, 1.807) is 30.6 Å². The Morgan fingerprint density at radius 3 is 2.62 bits per heavy atom. The van der Waals surface area contributed by atoms with Crippen LogP contribution in [-0.4, -0.2) is 39.9 Å². The molecule has 3 N–H and O–H groups in total. The molecule has 13 heteroatoms. The predicted octanol–water partition coefficient (Wildman–Crippen LogP) is 4.30. The number of hydrogen-bond acceptors (Lipinski definition) is 7. The Morgan fingerprint density at radius 1 is 1.06 bits per heavy atom. The molecule has 0 fully saturated rings. The van der Waals surface area contributed by atoms with Crippen molar-refractivity contribution in [2.24, 2.45) is 0 Å². The Hall–Kier alpha value is -3.21. The van der Waals surface area contributed by atoms with Gasteiger partial charge >= 0.3 is 0 Å². The first-order valence-corrected chi connectivity index (χ1v) is 10.6. The summed E-state index contributed by atoms with van der Waals surface area (Å²) in [5, 5.41) is 18.4. The number of fused-ring (bicyclic) bond motifs is 2. The van der Waals surface area contributed by atoms with Crippen LogP contribution in [0.2, 0.25) is 15.3 Å². The molecule has 0 bridgehead atoms. The van der Waals surface area contributed by atoms with Gasteiger partial charge in [0.05, 0.1) is 44.8 Å². The first-order chi connectivity index (χ1) is 15.5. The monoisotopic (exact) mass is 489 g/mol. The third kappa shape index (κ3) is 3.36. The molecular weight excluding hydrogens is 477 g/mol. The molecule has 0 saturated carbocycles. The van der Waals surface area contributed by atoms with Crippen molar-refractivity contribution >= 4 is 62.6 Å². The number of hydrogen-bond donors (Lipinski definition) is 3. The molecule has 5 rings (SSSR count). The summed E-state index contributed by atoms with van der Waals surface area (Å²) in [7, 11) is 0. The van der Waals surface area contributed by atoms with Crippen LogP contribution < -0.4 is 10.9 Å². The summed E-state index contributed by atoms with van der Waals surface area (Å²) in [5.74, 6) is 1.28. The molecule has 0 aliphatic heterocycles. The van der Waals surface area contributed by atoms with E-state index in [4.69, 9.17) is 39.8 Å². The van der Waals surface area contributed by atoms with Gasteiger partial charge in [0.15, 0.2) is 5.65 Å². The van der Waals surface area contributed by atoms with Crippen LogP contribution in [0.1, 0.15) is 25.2 Å². The van der Waals surface area contributed by atoms with E-state index in [9.17, 15) is 4.79 Å². The van der Waals surface area contributed by atoms with Gasteiger partial charge in [0.1, 0.15) is 17.5 Å². The van der Waals surface area contributed by atoms with E-state index < -0.39 is 6.04 Å². The fourth-order valence-corrected chi connectivity index (χ4v) is 4.11. The van der Waals surface area contributed by atoms with Gasteiger partial charge in [-0.2, -0.15) is 20.2 Å². The summed E-state index contributed by atoms with van der Waals surface area (Å²) in [4.78, 5) is 26.7. The van der Waals surface area contributed by atoms with Crippen LogP contribution in [0.25, 0.3) is 27.8 Å². The molecular formula is C19H14Cl3N9O. The number of aromatic nitrogens is 8. The Bertz CT molecular complexity index is 1510. The molecule has 4 aromatic heterocycles. The summed E-state index contributed by atoms with van der Waals surface area (Å²) in [6, 6.07) is 4.38. The summed E-state index contributed by atoms with van der Waals surface area (Å²) in [6.07, 6.45) is 3.68. The number of H-pyrrole nitrogens is 2. The van der Waals surface area contributed by atoms with Crippen LogP contribution >= 0.6 is 34.8 Å². The third-order valence-electron chi connectivity index (χ3n) is 4.99. The lowest BCUT2D eigenvalue weighted by Crippen LogP contribution is -2.29. The van der Waals surface area contributed by atoms with Gasteiger partial charge in [-0.1, -0.05) is 30.1 Å². The fraction of sp³-hybridized carbons (Fsp3) is 0.158. The Labute approximate surface area is 195 Å². The molecule has 1 unspecified atom stereocenters. The van der Waals surface area contributed by atoms with E-state index in [1.807, 2.05) is 6.92 Å². The van der Waals surface area contributed by atoms with Crippen molar-refractivity contribution in [2.75, 3.05) is 5.32 Å². The second kappa shape index (κ2) is 8.05. The summed E-state index contributed by atoms with van der Waals surface area (Å²) in [6.45, 7) is 1.94. The van der Waals surface area contributed by atoms with E-state index in [0.717, 1.165) is 0 Å². The molecule has 4 heterocycles. The Kier molecular flexibility index (Phi) is 5.20. The zero-order valence-electron chi connectivity index (χ0n) is 16.4. The maximum absolute atomic E-state index is 13.6. The average molecular weight is 491 g/mol. The van der Waals surface area contributed by atoms with Crippen molar-refractivity contribution in [2.45, 2.75) is 19.4 Å². The number of nitrogens with one attached hydrogen (secondary N) is 3. The predicted molar refractivity (Wildman–Crippen MR) is 123 cm³/mol. The molecule has 162 valence electrons. The van der Waals surface area contributed by atoms with Crippen LogP contribution in [0.15, 0.2) is 35.4 Å². The molecule has 1 aromatic carbocycles. The molecule has 0 radical (unpaired) electrons. The van der Waals surface area contributed by atoms with Crippen LogP contribution in [-0.2, 0) is 0 Å². The fourth-order valence-electron chi connectivity index (χ4n) is 3.51. The first-order valence-electron chi connectivity index (χ1n) is 9.51. The Morgan fingerprint density at radius 2 is 1.88 bits per heavy atom. The Balaban J connectivity index is 1.76. The zero-order chi connectivity index (χ0) is 22.4. The normalized spacial score (nSPS) is 12.5. The topological polar surface area (TPSA) is 130 Å². The van der Waals surface area contributed by atoms with Crippen molar-refractivity contribution in [3.05, 3.63) is 62.1 Å². The molecule has 10 nitrogen and oxygen atoms in total. The lowest BCUT2D eigenvalue weighted by Gasteiger charge is -2.22. The highest BCUT2D eigenvalue weighted by Gasteiger charge is 2.24. The standard InChI is InChI=1S/C19H14Cl3N9O/c1-2-11(25-15-8-7-24-30-16(8)28-19(22)27-15)17-26-14-10(21)4-3-9(20)13(14)18(32)31(17)12-5-6-23-29-12/h3-7,11H,2H2,1H3,(H,23,29)(H2,24,25,27,28,30). The zero-order valence-corrected chi connectivity index (χ0v) is 18.7. The lowest BCUT2D eigenvalue weighted by molar-refractivity contribution is 0.653. The number of anilines is 1. The highest BCUT2D eigenvalue weighted by atomic mass is 35.5. The largest absolute Gasteiger partial charge is 0.359 e. The molecule has 32 heavy (non-hydrogen) atoms. The van der Waals surface area contributed by atoms with Gasteiger partial charge in [0.25, 0.3) is 5.56 Å². The second-order valence-electron chi connectivity index (χ2n) is 6.88. The van der Waals surface area contributed by atoms with Gasteiger partial charge in [0, 0.05) is 6.07 Å². The van der Waals surface area contributed by atoms with Crippen molar-refractivity contribution in [3.8, 4) is 5.82 Å². The SMILES string of the molecule is CCC(Nc1nc(Cl)nc2[nH]ncc12)c1nc2c(Cl)ccc(Cl)c2c(=O)n1-c1ccn[nH]1. The number of benzene rings is 1. The summed E-state index contributed by atoms with van der Waals surface area (Å²) in [5.41, 5.74) is 0.412. The summed E-state index contributed by atoms with van der Waals surface area (Å²) >= 11 is 18.8. The molecule has 0 amide bonds. The number of halogens is 3. The van der Waals surface area contributed by atoms with Gasteiger partial charge in [-0.25, -0.2) is 9.55 Å². The first kappa shape index (κ1) is 20.7. The molecule has 0 spiro atoms. The third-order valence-corrected chi connectivity index (χ3v) is 5.78. The quantitative estimate of drug-likeness (QED) is 0.313. The van der Waals surface area contributed by atoms with Gasteiger partial charge in [-0.15, -0.1) is 0 Å². The van der Waals surface area contributed by atoms with E-state index in [0.29, 0.717) is 45.5 Å². The molecule has 0 aliphatic carbocycles. The van der Waals surface area contributed by atoms with E-state index in [2.05, 4.69) is 35.7 Å². The van der Waals surface area contributed by atoms with Crippen LogP contribution in [0.5, 0.6) is 0 Å². The minimum absolute atomic E-state index is 0.0476. The lowest BCUT2D eigenvalue weighted by atomic mass is 10.1. The minimum Gasteiger partial charge on any atom is -0.359 e. The van der Waals surface area contributed by atoms with Gasteiger partial charge in [0.2, 0.25) is 5.28 Å². The summed E-state index contributed by atoms with van der Waals surface area (Å²) < 4.78 is 1.42. The molecule has 1 atom stereocenters. The van der Waals surface area contributed by atoms with Crippen molar-refractivity contribution in [1.29, 1.82) is 0 Å². The van der Waals surface area contributed by atoms with E-state index >= 15 is 0 Å². The number of nitrogens with zero attached hydrogens (tertiary/aromatic N) is 6. The van der Waals surface area contributed by atoms with E-state index in [-0.39, 0.29) is 21.3 Å². The maximum Gasteiger partial charge on any atom is 0.268 e. The molecule has 0 saturated heterocycles. The second-order valence-corrected chi connectivity index (χ2v) is 8.04. The van der Waals surface area contributed by atoms with Crippen LogP contribution in [0.3, 0.4) is 0 Å². The van der Waals surface area contributed by atoms with Crippen LogP contribution in [0.4, 0.5) is 5.82 Å². The van der Waals surface area contributed by atoms with E-state index in [1.165, 1.54) is 4.57 Å². The number of rotatable bonds is 5. The van der Waals surface area contributed by atoms with Gasteiger partial charge in [-0.3, -0.25) is 15.0 Å². The smallest absolute Gasteiger partial charge is 0.268 e. The van der Waals surface area contributed by atoms with Gasteiger partial charge in [-0.05, 0) is 30.2 Å². The highest BCUT2D eigenvalue weighted by Crippen LogP contribution is 2.31. The molecule has 0 aliphatic rings. The minimum atomic E-state index is -0.463. The van der Waals surface area contributed by atoms with Crippen molar-refractivity contribution < 1.29 is 0 Å². The number of aromatic amines is 2. The maximum atomic E-state index is 13.6. The van der Waals surface area contributed by atoms with Crippen molar-refractivity contribution in [3.63, 3.8) is 0 Å². The van der Waals surface area contributed by atoms with Crippen molar-refractivity contribution in [1.82, 2.24) is 39.9 Å².